The molecule has 0 aromatic heterocycles. The molecule has 2 spiro atoms. The van der Waals surface area contributed by atoms with Crippen molar-refractivity contribution >= 4 is 12.2 Å². The molecule has 1 saturated heterocycles. The molecule has 0 aromatic carbocycles. The van der Waals surface area contributed by atoms with Gasteiger partial charge in [-0.05, 0) is 97.2 Å². The normalized spacial score (nSPS) is 52.7. The molecular formula is C32H52N2O6. The first kappa shape index (κ1) is 28.6. The fraction of sp³-hybridized carbons (Fsp3) is 0.938. The summed E-state index contributed by atoms with van der Waals surface area (Å²) in [6, 6.07) is 0. The van der Waals surface area contributed by atoms with Crippen molar-refractivity contribution in [1.29, 1.82) is 0 Å². The summed E-state index contributed by atoms with van der Waals surface area (Å²) in [5.74, 6) is 1.57. The van der Waals surface area contributed by atoms with E-state index in [-0.39, 0.29) is 57.2 Å². The minimum atomic E-state index is -0.770. The van der Waals surface area contributed by atoms with Crippen LogP contribution in [0.1, 0.15) is 99.8 Å². The van der Waals surface area contributed by atoms with E-state index in [1.54, 1.807) is 0 Å². The van der Waals surface area contributed by atoms with Crippen LogP contribution in [-0.4, -0.2) is 47.8 Å². The molecule has 5 aliphatic carbocycles. The van der Waals surface area contributed by atoms with E-state index in [9.17, 15) is 14.7 Å². The lowest BCUT2D eigenvalue weighted by Gasteiger charge is -2.63. The second kappa shape index (κ2) is 8.75. The first-order chi connectivity index (χ1) is 18.6. The fourth-order valence-corrected chi connectivity index (χ4v) is 12.7. The Bertz CT molecular complexity index is 1080. The van der Waals surface area contributed by atoms with Gasteiger partial charge in [-0.25, -0.2) is 9.59 Å². The maximum absolute atomic E-state index is 12.4. The van der Waals surface area contributed by atoms with Gasteiger partial charge < -0.3 is 30.8 Å². The predicted octanol–water partition coefficient (Wildman–Crippen LogP) is 5.38. The van der Waals surface area contributed by atoms with Crippen molar-refractivity contribution in [3.05, 3.63) is 0 Å². The minimum absolute atomic E-state index is 0.0341. The zero-order chi connectivity index (χ0) is 29.2. The third-order valence-corrected chi connectivity index (χ3v) is 14.3. The van der Waals surface area contributed by atoms with Crippen molar-refractivity contribution in [2.75, 3.05) is 0 Å². The highest BCUT2D eigenvalue weighted by atomic mass is 16.6. The van der Waals surface area contributed by atoms with Gasteiger partial charge in [0.2, 0.25) is 0 Å². The lowest BCUT2D eigenvalue weighted by atomic mass is 9.41. The van der Waals surface area contributed by atoms with E-state index in [1.807, 2.05) is 13.8 Å². The van der Waals surface area contributed by atoms with Gasteiger partial charge >= 0.3 is 12.2 Å². The molecule has 1 aliphatic heterocycles. The molecule has 226 valence electrons. The van der Waals surface area contributed by atoms with E-state index in [2.05, 4.69) is 34.6 Å². The molecule has 0 aromatic rings. The SMILES string of the molecule is CC(C)[C@@H](OC(N)=O)C1C[C@@H](C)[C@H]2C(O1)[C@H](O)[C@@]1(C)C3CC[C@H]4C(C)(C)C(OC(N)=O)CC[C@@]45C[C@@]35CC[C@]21C. The van der Waals surface area contributed by atoms with Crippen molar-refractivity contribution in [3.8, 4) is 0 Å². The zero-order valence-electron chi connectivity index (χ0n) is 25.6. The Kier molecular flexibility index (Phi) is 6.25. The van der Waals surface area contributed by atoms with Crippen molar-refractivity contribution in [2.45, 2.75) is 130 Å². The predicted molar refractivity (Wildman–Crippen MR) is 150 cm³/mol. The number of carbonyl (C=O) groups is 2. The lowest BCUT2D eigenvalue weighted by Crippen LogP contribution is -2.60. The second-order valence-electron chi connectivity index (χ2n) is 16.1. The molecular weight excluding hydrogens is 508 g/mol. The average molecular weight is 561 g/mol. The van der Waals surface area contributed by atoms with Gasteiger partial charge in [0, 0.05) is 10.8 Å². The Hall–Kier alpha value is -1.54. The van der Waals surface area contributed by atoms with Crippen molar-refractivity contribution in [3.63, 3.8) is 0 Å². The van der Waals surface area contributed by atoms with Crippen molar-refractivity contribution in [2.24, 2.45) is 68.1 Å². The first-order valence-electron chi connectivity index (χ1n) is 15.8. The van der Waals surface area contributed by atoms with Crippen molar-refractivity contribution in [1.82, 2.24) is 0 Å². The fourth-order valence-electron chi connectivity index (χ4n) is 12.7. The lowest BCUT2D eigenvalue weighted by molar-refractivity contribution is -0.184. The Morgan fingerprint density at radius 2 is 1.60 bits per heavy atom. The van der Waals surface area contributed by atoms with Gasteiger partial charge in [-0.1, -0.05) is 48.5 Å². The van der Waals surface area contributed by atoms with E-state index < -0.39 is 24.4 Å². The van der Waals surface area contributed by atoms with Crippen LogP contribution in [0.25, 0.3) is 0 Å². The Balaban J connectivity index is 1.32. The minimum Gasteiger partial charge on any atom is -0.446 e. The van der Waals surface area contributed by atoms with Gasteiger partial charge in [0.05, 0.1) is 18.3 Å². The molecule has 0 bridgehead atoms. The van der Waals surface area contributed by atoms with E-state index in [1.165, 1.54) is 12.8 Å². The summed E-state index contributed by atoms with van der Waals surface area (Å²) in [6.45, 7) is 15.7. The first-order valence-corrected chi connectivity index (χ1v) is 15.8. The van der Waals surface area contributed by atoms with Gasteiger partial charge in [0.15, 0.2) is 0 Å². The van der Waals surface area contributed by atoms with E-state index >= 15 is 0 Å². The van der Waals surface area contributed by atoms with Crippen LogP contribution in [0.2, 0.25) is 0 Å². The number of carbonyl (C=O) groups excluding carboxylic acids is 2. The second-order valence-corrected chi connectivity index (χ2v) is 16.1. The number of ether oxygens (including phenoxy) is 3. The zero-order valence-corrected chi connectivity index (χ0v) is 25.6. The van der Waals surface area contributed by atoms with Gasteiger partial charge in [0.25, 0.3) is 0 Å². The maximum Gasteiger partial charge on any atom is 0.404 e. The van der Waals surface area contributed by atoms with Gasteiger partial charge in [-0.3, -0.25) is 0 Å². The maximum atomic E-state index is 12.4. The number of aliphatic hydroxyl groups excluding tert-OH is 1. The molecule has 8 nitrogen and oxygen atoms in total. The molecule has 6 rings (SSSR count). The van der Waals surface area contributed by atoms with Crippen LogP contribution >= 0.6 is 0 Å². The molecule has 5 N–H and O–H groups in total. The van der Waals surface area contributed by atoms with Gasteiger partial charge in [0.1, 0.15) is 12.2 Å². The highest BCUT2D eigenvalue weighted by molar-refractivity contribution is 5.65. The van der Waals surface area contributed by atoms with E-state index in [0.717, 1.165) is 38.5 Å². The highest BCUT2D eigenvalue weighted by Gasteiger charge is 2.84. The Labute approximate surface area is 239 Å². The number of rotatable bonds is 4. The average Bonchev–Trinajstić information content (AvgIpc) is 3.48. The monoisotopic (exact) mass is 560 g/mol. The summed E-state index contributed by atoms with van der Waals surface area (Å²) in [4.78, 5) is 23.4. The van der Waals surface area contributed by atoms with Crippen LogP contribution in [0, 0.1) is 56.7 Å². The molecule has 4 unspecified atom stereocenters. The summed E-state index contributed by atoms with van der Waals surface area (Å²) in [6.07, 6.45) is 5.29. The summed E-state index contributed by atoms with van der Waals surface area (Å²) in [5.41, 5.74) is 11.0. The van der Waals surface area contributed by atoms with Crippen LogP contribution in [0.4, 0.5) is 9.59 Å². The number of hydrogen-bond acceptors (Lipinski definition) is 6. The van der Waals surface area contributed by atoms with Crippen LogP contribution in [0.3, 0.4) is 0 Å². The molecule has 2 amide bonds. The molecule has 1 heterocycles. The Morgan fingerprint density at radius 3 is 2.23 bits per heavy atom. The number of amides is 2. The van der Waals surface area contributed by atoms with E-state index in [0.29, 0.717) is 17.8 Å². The highest BCUT2D eigenvalue weighted by Crippen LogP contribution is 2.89. The van der Waals surface area contributed by atoms with Crippen LogP contribution in [0.15, 0.2) is 0 Å². The van der Waals surface area contributed by atoms with Crippen LogP contribution in [0.5, 0.6) is 0 Å². The summed E-state index contributed by atoms with van der Waals surface area (Å²) in [5, 5.41) is 12.4. The standard InChI is InChI=1S/C32H52N2O6/c1-16(2)23(40-27(34)37)18-14-17(3)22-24(38-18)25(35)30(7)20-9-8-19-28(4,5)21(39-26(33)36)10-11-31(19)15-32(20,31)13-12-29(22,30)6/h16-25,35H,8-15H2,1-7H3,(H2,33,36)(H2,34,37)/t17-,18?,19+,20?,21?,22+,23-,24?,25+,29-,30-,31-,32+/m1/s1. The molecule has 5 saturated carbocycles. The summed E-state index contributed by atoms with van der Waals surface area (Å²) >= 11 is 0. The Morgan fingerprint density at radius 1 is 0.950 bits per heavy atom. The van der Waals surface area contributed by atoms with Gasteiger partial charge in [-0.15, -0.1) is 0 Å². The quantitative estimate of drug-likeness (QED) is 0.422. The van der Waals surface area contributed by atoms with E-state index in [4.69, 9.17) is 25.7 Å². The number of primary amides is 2. The molecule has 40 heavy (non-hydrogen) atoms. The molecule has 0 radical (unpaired) electrons. The molecule has 6 aliphatic rings. The summed E-state index contributed by atoms with van der Waals surface area (Å²) in [7, 11) is 0. The van der Waals surface area contributed by atoms with Crippen LogP contribution < -0.4 is 11.5 Å². The number of aliphatic hydroxyl groups is 1. The third-order valence-electron chi connectivity index (χ3n) is 14.3. The summed E-state index contributed by atoms with van der Waals surface area (Å²) < 4.78 is 18.0. The molecule has 13 atom stereocenters. The largest absolute Gasteiger partial charge is 0.446 e. The smallest absolute Gasteiger partial charge is 0.404 e. The van der Waals surface area contributed by atoms with Gasteiger partial charge in [-0.2, -0.15) is 0 Å². The number of fused-ring (bicyclic) bond motifs is 4. The molecule has 8 heteroatoms. The number of hydrogen-bond donors (Lipinski definition) is 3. The molecule has 6 fully saturated rings. The third kappa shape index (κ3) is 3.38. The topological polar surface area (TPSA) is 134 Å². The van der Waals surface area contributed by atoms with Crippen molar-refractivity contribution < 1.29 is 28.9 Å². The number of nitrogens with two attached hydrogens (primary N) is 2. The van der Waals surface area contributed by atoms with Crippen LogP contribution in [-0.2, 0) is 14.2 Å².